The Morgan fingerprint density at radius 3 is 1.20 bits per heavy atom. The minimum Gasteiger partial charge on any atom is -0.192 e. The van der Waals surface area contributed by atoms with Gasteiger partial charge in [0, 0.05) is 0 Å². The normalized spacial score (nSPS) is 8.80. The van der Waals surface area contributed by atoms with Gasteiger partial charge in [0.1, 0.15) is 21.9 Å². The summed E-state index contributed by atoms with van der Waals surface area (Å²) in [6.45, 7) is 0. The molecule has 0 unspecified atom stereocenters. The Morgan fingerprint density at radius 1 is 0.900 bits per heavy atom. The Balaban J connectivity index is -0.000000245. The summed E-state index contributed by atoms with van der Waals surface area (Å²) in [5.41, 5.74) is 0. The van der Waals surface area contributed by atoms with Crippen molar-refractivity contribution in [2.75, 3.05) is 0 Å². The van der Waals surface area contributed by atoms with Crippen molar-refractivity contribution in [3.8, 4) is 12.1 Å². The largest absolute Gasteiger partial charge is 1.00 e. The average molecular weight is 188 g/mol. The van der Waals surface area contributed by atoms with Crippen LogP contribution < -0.4 is 59.1 Å². The minimum atomic E-state index is 0. The first-order valence-corrected chi connectivity index (χ1v) is 2.54. The predicted octanol–water partition coefficient (Wildman–Crippen LogP) is -4.89. The fourth-order valence-corrected chi connectivity index (χ4v) is 0.206. The zero-order valence-corrected chi connectivity index (χ0v) is 11.6. The summed E-state index contributed by atoms with van der Waals surface area (Å²) >= 11 is 7.25. The third kappa shape index (κ3) is 7.53. The van der Waals surface area contributed by atoms with Crippen molar-refractivity contribution >= 4 is 25.3 Å². The molecule has 0 aliphatic rings. The summed E-state index contributed by atoms with van der Waals surface area (Å²) in [5, 5.41) is 16.1. The van der Waals surface area contributed by atoms with Gasteiger partial charge in [0.15, 0.2) is 0 Å². The number of allylic oxidation sites excluding steroid dienone is 2. The number of hydrogen-bond acceptors (Lipinski definition) is 4. The number of hydrogen-bond donors (Lipinski definition) is 2. The summed E-state index contributed by atoms with van der Waals surface area (Å²) < 4.78 is 0. The zero-order chi connectivity index (χ0) is 6.57. The molecule has 0 atom stereocenters. The minimum absolute atomic E-state index is 0. The first-order chi connectivity index (χ1) is 3.72. The maximum Gasteiger partial charge on any atom is 1.00 e. The quantitative estimate of drug-likeness (QED) is 0.227. The molecule has 0 N–H and O–H groups in total. The van der Waals surface area contributed by atoms with Crippen LogP contribution in [0.15, 0.2) is 9.81 Å². The Morgan fingerprint density at radius 2 is 1.10 bits per heavy atom. The van der Waals surface area contributed by atoms with Crippen LogP contribution in [0.25, 0.3) is 0 Å². The fraction of sp³-hybridized carbons (Fsp3) is 0. The number of nitriles is 2. The van der Waals surface area contributed by atoms with Gasteiger partial charge in [-0.1, -0.05) is 0 Å². The Labute approximate surface area is 115 Å². The molecule has 0 fully saturated rings. The van der Waals surface area contributed by atoms with Crippen LogP contribution in [0.5, 0.6) is 0 Å². The van der Waals surface area contributed by atoms with Crippen molar-refractivity contribution in [3.63, 3.8) is 0 Å². The Bertz CT molecular complexity index is 178. The van der Waals surface area contributed by atoms with E-state index in [4.69, 9.17) is 10.5 Å². The fourth-order valence-electron chi connectivity index (χ4n) is 0.106. The van der Waals surface area contributed by atoms with Crippen LogP contribution in [-0.2, 0) is 0 Å². The predicted molar refractivity (Wildman–Crippen MR) is 36.2 cm³/mol. The maximum atomic E-state index is 8.05. The van der Waals surface area contributed by atoms with Crippen molar-refractivity contribution in [1.29, 1.82) is 10.5 Å². The van der Waals surface area contributed by atoms with Gasteiger partial charge in [0.2, 0.25) is 0 Å². The molecule has 0 amide bonds. The summed E-state index contributed by atoms with van der Waals surface area (Å²) in [4.78, 5) is 0.103. The van der Waals surface area contributed by atoms with Crippen molar-refractivity contribution in [2.24, 2.45) is 0 Å². The van der Waals surface area contributed by atoms with Crippen LogP contribution in [0.2, 0.25) is 0 Å². The molecule has 0 rings (SSSR count). The van der Waals surface area contributed by atoms with E-state index in [2.05, 4.69) is 25.3 Å². The Kier molecular flexibility index (Phi) is 18.2. The number of rotatable bonds is 0. The van der Waals surface area contributed by atoms with Gasteiger partial charge in [0.25, 0.3) is 0 Å². The van der Waals surface area contributed by atoms with E-state index in [0.29, 0.717) is 0 Å². The Hall–Kier alpha value is 1.42. The summed E-state index contributed by atoms with van der Waals surface area (Å²) in [7, 11) is 0. The van der Waals surface area contributed by atoms with E-state index in [1.54, 1.807) is 12.1 Å². The molecule has 0 aliphatic carbocycles. The van der Waals surface area contributed by atoms with Gasteiger partial charge in [-0.15, -0.1) is 25.3 Å². The van der Waals surface area contributed by atoms with Crippen LogP contribution in [0.4, 0.5) is 0 Å². The summed E-state index contributed by atoms with van der Waals surface area (Å²) in [5.74, 6) is 0. The van der Waals surface area contributed by atoms with Crippen molar-refractivity contribution in [1.82, 2.24) is 0 Å². The van der Waals surface area contributed by atoms with E-state index in [9.17, 15) is 0 Å². The van der Waals surface area contributed by atoms with Crippen molar-refractivity contribution in [3.05, 3.63) is 9.81 Å². The van der Waals surface area contributed by atoms with Gasteiger partial charge < -0.3 is 0 Å². The third-order valence-electron chi connectivity index (χ3n) is 0.436. The molecule has 10 heavy (non-hydrogen) atoms. The topological polar surface area (TPSA) is 47.6 Å². The van der Waals surface area contributed by atoms with E-state index < -0.39 is 0 Å². The van der Waals surface area contributed by atoms with Crippen LogP contribution in [0.3, 0.4) is 0 Å². The number of nitrogens with zero attached hydrogens (tertiary/aromatic N) is 2. The molecule has 0 bridgehead atoms. The standard InChI is InChI=1S/C4H2N2S2.2Na/c5-1-3(7)4(8)2-6;;/h7-8H;;/q;2*+1. The average Bonchev–Trinajstić information content (AvgIpc) is 1.84. The van der Waals surface area contributed by atoms with Crippen LogP contribution >= 0.6 is 25.3 Å². The van der Waals surface area contributed by atoms with E-state index >= 15 is 0 Å². The van der Waals surface area contributed by atoms with E-state index in [1.807, 2.05) is 0 Å². The van der Waals surface area contributed by atoms with Crippen molar-refractivity contribution < 1.29 is 59.1 Å². The van der Waals surface area contributed by atoms with Crippen LogP contribution in [0, 0.1) is 22.7 Å². The van der Waals surface area contributed by atoms with Gasteiger partial charge in [-0.3, -0.25) is 0 Å². The van der Waals surface area contributed by atoms with Gasteiger partial charge in [-0.25, -0.2) is 0 Å². The van der Waals surface area contributed by atoms with Gasteiger partial charge in [-0.2, -0.15) is 10.5 Å². The van der Waals surface area contributed by atoms with Crippen LogP contribution in [-0.4, -0.2) is 0 Å². The molecule has 40 valence electrons. The van der Waals surface area contributed by atoms with Gasteiger partial charge >= 0.3 is 59.1 Å². The van der Waals surface area contributed by atoms with Gasteiger partial charge in [0.05, 0.1) is 0 Å². The molecule has 0 aliphatic heterocycles. The summed E-state index contributed by atoms with van der Waals surface area (Å²) in [6.07, 6.45) is 0. The number of thiol groups is 2. The molecule has 0 aromatic heterocycles. The zero-order valence-electron chi connectivity index (χ0n) is 5.79. The second-order valence-electron chi connectivity index (χ2n) is 0.921. The first kappa shape index (κ1) is 17.5. The maximum absolute atomic E-state index is 8.05. The molecule has 6 heteroatoms. The molecule has 0 saturated heterocycles. The van der Waals surface area contributed by atoms with E-state index in [1.165, 1.54) is 0 Å². The second kappa shape index (κ2) is 10.4. The van der Waals surface area contributed by atoms with E-state index in [-0.39, 0.29) is 68.9 Å². The van der Waals surface area contributed by atoms with Crippen molar-refractivity contribution in [2.45, 2.75) is 0 Å². The molecule has 0 spiro atoms. The van der Waals surface area contributed by atoms with Gasteiger partial charge in [-0.05, 0) is 0 Å². The molecule has 0 heterocycles. The molecule has 0 saturated carbocycles. The smallest absolute Gasteiger partial charge is 0.192 e. The molecule has 0 radical (unpaired) electrons. The third-order valence-corrected chi connectivity index (χ3v) is 1.26. The SMILES string of the molecule is N#CC(S)=C(S)C#N.[Na+].[Na+]. The van der Waals surface area contributed by atoms with Crippen LogP contribution in [0.1, 0.15) is 0 Å². The summed E-state index contributed by atoms with van der Waals surface area (Å²) in [6, 6.07) is 3.32. The molecule has 0 aromatic carbocycles. The van der Waals surface area contributed by atoms with E-state index in [0.717, 1.165) is 0 Å². The second-order valence-corrected chi connectivity index (χ2v) is 1.82. The first-order valence-electron chi connectivity index (χ1n) is 1.64. The molecule has 0 aromatic rings. The monoisotopic (exact) mass is 188 g/mol. The molecule has 2 nitrogen and oxygen atoms in total. The molecular weight excluding hydrogens is 186 g/mol. The molecular formula is C4H2N2Na2S2+2.